The molecule has 0 aromatic heterocycles. The minimum absolute atomic E-state index is 0.452. The molecule has 1 aromatic rings. The van der Waals surface area contributed by atoms with Gasteiger partial charge in [0.15, 0.2) is 0 Å². The van der Waals surface area contributed by atoms with Gasteiger partial charge < -0.3 is 5.73 Å². The van der Waals surface area contributed by atoms with Crippen LogP contribution in [0.15, 0.2) is 30.3 Å². The maximum Gasteiger partial charge on any atom is -0.00204 e. The van der Waals surface area contributed by atoms with Gasteiger partial charge in [0.1, 0.15) is 0 Å². The van der Waals surface area contributed by atoms with Crippen molar-refractivity contribution >= 4 is 0 Å². The summed E-state index contributed by atoms with van der Waals surface area (Å²) in [6.45, 7) is 0.875. The summed E-state index contributed by atoms with van der Waals surface area (Å²) in [6.07, 6.45) is 9.32. The number of rotatable bonds is 4. The molecule has 2 rings (SSSR count). The molecule has 1 nitrogen and oxygen atoms in total. The zero-order valence-corrected chi connectivity index (χ0v) is 10.1. The van der Waals surface area contributed by atoms with Gasteiger partial charge in [0, 0.05) is 0 Å². The second kappa shape index (κ2) is 5.49. The molecular formula is C15H23N. The number of aryl methyl sites for hydroxylation is 1. The van der Waals surface area contributed by atoms with Crippen LogP contribution in [0.3, 0.4) is 0 Å². The summed E-state index contributed by atoms with van der Waals surface area (Å²) in [5.41, 5.74) is 7.91. The van der Waals surface area contributed by atoms with E-state index in [1.54, 1.807) is 0 Å². The lowest BCUT2D eigenvalue weighted by atomic mass is 9.71. The van der Waals surface area contributed by atoms with Gasteiger partial charge in [-0.25, -0.2) is 0 Å². The monoisotopic (exact) mass is 217 g/mol. The summed E-state index contributed by atoms with van der Waals surface area (Å²) >= 11 is 0. The highest BCUT2D eigenvalue weighted by atomic mass is 14.6. The van der Waals surface area contributed by atoms with Gasteiger partial charge >= 0.3 is 0 Å². The first-order valence-electron chi connectivity index (χ1n) is 6.59. The Balaban J connectivity index is 1.92. The van der Waals surface area contributed by atoms with Crippen molar-refractivity contribution in [3.63, 3.8) is 0 Å². The van der Waals surface area contributed by atoms with Crippen LogP contribution in [0.5, 0.6) is 0 Å². The summed E-state index contributed by atoms with van der Waals surface area (Å²) in [7, 11) is 0. The molecule has 0 atom stereocenters. The van der Waals surface area contributed by atoms with Crippen LogP contribution in [-0.4, -0.2) is 6.54 Å². The van der Waals surface area contributed by atoms with E-state index >= 15 is 0 Å². The van der Waals surface area contributed by atoms with Crippen LogP contribution in [0.1, 0.15) is 44.1 Å². The lowest BCUT2D eigenvalue weighted by Gasteiger charge is -2.36. The van der Waals surface area contributed by atoms with E-state index in [2.05, 4.69) is 30.3 Å². The van der Waals surface area contributed by atoms with E-state index in [9.17, 15) is 0 Å². The molecule has 1 aromatic carbocycles. The molecule has 0 radical (unpaired) electrons. The highest BCUT2D eigenvalue weighted by Gasteiger charge is 2.29. The number of hydrogen-bond donors (Lipinski definition) is 1. The second-order valence-corrected chi connectivity index (χ2v) is 5.25. The third-order valence-corrected chi connectivity index (χ3v) is 4.13. The lowest BCUT2D eigenvalue weighted by Crippen LogP contribution is -2.33. The van der Waals surface area contributed by atoms with Gasteiger partial charge in [-0.2, -0.15) is 0 Å². The van der Waals surface area contributed by atoms with Crippen LogP contribution in [0, 0.1) is 5.41 Å². The van der Waals surface area contributed by atoms with E-state index in [4.69, 9.17) is 5.73 Å². The number of nitrogens with two attached hydrogens (primary N) is 1. The van der Waals surface area contributed by atoms with Crippen molar-refractivity contribution in [1.29, 1.82) is 0 Å². The molecule has 1 fully saturated rings. The van der Waals surface area contributed by atoms with E-state index in [0.29, 0.717) is 5.41 Å². The van der Waals surface area contributed by atoms with Crippen LogP contribution in [-0.2, 0) is 6.42 Å². The van der Waals surface area contributed by atoms with Crippen LogP contribution >= 0.6 is 0 Å². The fraction of sp³-hybridized carbons (Fsp3) is 0.600. The normalized spacial score (nSPS) is 19.6. The molecule has 0 bridgehead atoms. The predicted molar refractivity (Wildman–Crippen MR) is 69.3 cm³/mol. The molecule has 1 heteroatoms. The molecule has 0 unspecified atom stereocenters. The van der Waals surface area contributed by atoms with E-state index in [1.807, 2.05) is 0 Å². The van der Waals surface area contributed by atoms with E-state index < -0.39 is 0 Å². The van der Waals surface area contributed by atoms with Gasteiger partial charge in [0.25, 0.3) is 0 Å². The maximum absolute atomic E-state index is 6.00. The molecule has 1 aliphatic rings. The smallest absolute Gasteiger partial charge is 0.00204 e. The SMILES string of the molecule is NCC1(CCc2ccccc2)CCCCC1. The Morgan fingerprint density at radius 2 is 1.69 bits per heavy atom. The van der Waals surface area contributed by atoms with E-state index in [0.717, 1.165) is 6.54 Å². The average molecular weight is 217 g/mol. The standard InChI is InChI=1S/C15H23N/c16-13-15(10-5-2-6-11-15)12-9-14-7-3-1-4-8-14/h1,3-4,7-8H,2,5-6,9-13,16H2. The Morgan fingerprint density at radius 1 is 1.00 bits per heavy atom. The molecule has 0 aliphatic heterocycles. The summed E-state index contributed by atoms with van der Waals surface area (Å²) in [5.74, 6) is 0. The van der Waals surface area contributed by atoms with Gasteiger partial charge in [0.2, 0.25) is 0 Å². The predicted octanol–water partition coefficient (Wildman–Crippen LogP) is 3.53. The third kappa shape index (κ3) is 2.85. The Bertz CT molecular complexity index is 298. The van der Waals surface area contributed by atoms with Crippen LogP contribution in [0.4, 0.5) is 0 Å². The molecular weight excluding hydrogens is 194 g/mol. The van der Waals surface area contributed by atoms with Crippen LogP contribution in [0.2, 0.25) is 0 Å². The minimum Gasteiger partial charge on any atom is -0.330 e. The van der Waals surface area contributed by atoms with Crippen molar-refractivity contribution < 1.29 is 0 Å². The van der Waals surface area contributed by atoms with Crippen molar-refractivity contribution in [2.45, 2.75) is 44.9 Å². The maximum atomic E-state index is 6.00. The van der Waals surface area contributed by atoms with E-state index in [-0.39, 0.29) is 0 Å². The Morgan fingerprint density at radius 3 is 2.31 bits per heavy atom. The zero-order chi connectivity index (χ0) is 11.3. The number of hydrogen-bond acceptors (Lipinski definition) is 1. The molecule has 0 spiro atoms. The first-order chi connectivity index (χ1) is 7.85. The summed E-state index contributed by atoms with van der Waals surface area (Å²) < 4.78 is 0. The van der Waals surface area contributed by atoms with Crippen molar-refractivity contribution in [3.05, 3.63) is 35.9 Å². The largest absolute Gasteiger partial charge is 0.330 e. The third-order valence-electron chi connectivity index (χ3n) is 4.13. The second-order valence-electron chi connectivity index (χ2n) is 5.25. The fourth-order valence-corrected chi connectivity index (χ4v) is 2.91. The topological polar surface area (TPSA) is 26.0 Å². The highest BCUT2D eigenvalue weighted by molar-refractivity contribution is 5.15. The van der Waals surface area contributed by atoms with Crippen molar-refractivity contribution in [2.75, 3.05) is 6.54 Å². The summed E-state index contributed by atoms with van der Waals surface area (Å²) in [5, 5.41) is 0. The highest BCUT2D eigenvalue weighted by Crippen LogP contribution is 2.39. The van der Waals surface area contributed by atoms with Gasteiger partial charge in [0.05, 0.1) is 0 Å². The molecule has 0 saturated heterocycles. The molecule has 1 aliphatic carbocycles. The molecule has 0 heterocycles. The van der Waals surface area contributed by atoms with Gasteiger partial charge in [-0.3, -0.25) is 0 Å². The fourth-order valence-electron chi connectivity index (χ4n) is 2.91. The van der Waals surface area contributed by atoms with Gasteiger partial charge in [-0.15, -0.1) is 0 Å². The Hall–Kier alpha value is -0.820. The zero-order valence-electron chi connectivity index (χ0n) is 10.1. The van der Waals surface area contributed by atoms with Crippen LogP contribution < -0.4 is 5.73 Å². The van der Waals surface area contributed by atoms with E-state index in [1.165, 1.54) is 50.5 Å². The van der Waals surface area contributed by atoms with Gasteiger partial charge in [-0.05, 0) is 43.2 Å². The van der Waals surface area contributed by atoms with Crippen LogP contribution in [0.25, 0.3) is 0 Å². The Kier molecular flexibility index (Phi) is 4.00. The summed E-state index contributed by atoms with van der Waals surface area (Å²) in [4.78, 5) is 0. The van der Waals surface area contributed by atoms with Crippen molar-refractivity contribution in [2.24, 2.45) is 11.1 Å². The molecule has 16 heavy (non-hydrogen) atoms. The quantitative estimate of drug-likeness (QED) is 0.820. The van der Waals surface area contributed by atoms with Crippen molar-refractivity contribution in [3.8, 4) is 0 Å². The molecule has 1 saturated carbocycles. The van der Waals surface area contributed by atoms with Gasteiger partial charge in [-0.1, -0.05) is 49.6 Å². The first kappa shape index (κ1) is 11.7. The number of benzene rings is 1. The van der Waals surface area contributed by atoms with Crippen molar-refractivity contribution in [1.82, 2.24) is 0 Å². The first-order valence-corrected chi connectivity index (χ1v) is 6.59. The minimum atomic E-state index is 0.452. The molecule has 0 amide bonds. The lowest BCUT2D eigenvalue weighted by molar-refractivity contribution is 0.182. The molecule has 88 valence electrons. The molecule has 2 N–H and O–H groups in total. The Labute approximate surface area is 99.0 Å². The summed E-state index contributed by atoms with van der Waals surface area (Å²) in [6, 6.07) is 10.8. The average Bonchev–Trinajstić information content (AvgIpc) is 2.39.